The molecule has 0 aromatic rings. The van der Waals surface area contributed by atoms with Crippen molar-refractivity contribution in [2.75, 3.05) is 6.54 Å². The molecule has 0 amide bonds. The van der Waals surface area contributed by atoms with E-state index >= 15 is 0 Å². The quantitative estimate of drug-likeness (QED) is 0.763. The van der Waals surface area contributed by atoms with Crippen LogP contribution in [0.25, 0.3) is 0 Å². The molecule has 1 saturated carbocycles. The maximum absolute atomic E-state index is 13.3. The van der Waals surface area contributed by atoms with Crippen LogP contribution >= 0.6 is 0 Å². The Morgan fingerprint density at radius 1 is 1.21 bits per heavy atom. The molecule has 0 aromatic heterocycles. The molecule has 1 heterocycles. The van der Waals surface area contributed by atoms with Crippen molar-refractivity contribution < 1.29 is 13.9 Å². The van der Waals surface area contributed by atoms with Gasteiger partial charge in [-0.1, -0.05) is 11.1 Å². The van der Waals surface area contributed by atoms with Gasteiger partial charge in [0.15, 0.2) is 10.4 Å². The van der Waals surface area contributed by atoms with Crippen LogP contribution in [0.4, 0.5) is 0 Å². The number of hydrogen-bond acceptors (Lipinski definition) is 4. The molecule has 24 heavy (non-hydrogen) atoms. The molecular formula is C18H26N2O3S. The Labute approximate surface area is 145 Å². The van der Waals surface area contributed by atoms with Gasteiger partial charge < -0.3 is 9.66 Å². The van der Waals surface area contributed by atoms with Crippen molar-refractivity contribution >= 4 is 10.4 Å². The van der Waals surface area contributed by atoms with Crippen molar-refractivity contribution in [3.8, 4) is 6.07 Å². The largest absolute Gasteiger partial charge is 0.593 e. The van der Waals surface area contributed by atoms with Crippen molar-refractivity contribution in [1.29, 1.82) is 5.26 Å². The standard InChI is InChI=1S/C18H26N2O3S/c1-13-6-8-15(9-7-13)24(22,23)20-11-10-14(12-19)18(21)16-4-2-3-5-17(16)20/h13,15H,2-11H2,1H3,(H-,21,22,23). The first-order valence-corrected chi connectivity index (χ1v) is 10.5. The molecule has 1 unspecified atom stereocenters. The fraction of sp³-hybridized carbons (Fsp3) is 0.722. The first-order chi connectivity index (χ1) is 11.4. The van der Waals surface area contributed by atoms with Crippen molar-refractivity contribution in [3.63, 3.8) is 0 Å². The molecule has 3 rings (SSSR count). The van der Waals surface area contributed by atoms with Crippen LogP contribution < -0.4 is 0 Å². The molecule has 1 aliphatic heterocycles. The summed E-state index contributed by atoms with van der Waals surface area (Å²) in [6.07, 6.45) is 6.81. The summed E-state index contributed by atoms with van der Waals surface area (Å²) in [5, 5.41) is 19.4. The summed E-state index contributed by atoms with van der Waals surface area (Å²) < 4.78 is 28.1. The van der Waals surface area contributed by atoms with E-state index in [0.29, 0.717) is 42.7 Å². The number of allylic oxidation sites excluding steroid dienone is 2. The molecule has 3 aliphatic rings. The Morgan fingerprint density at radius 2 is 1.88 bits per heavy atom. The van der Waals surface area contributed by atoms with Crippen LogP contribution in [0, 0.1) is 17.2 Å². The van der Waals surface area contributed by atoms with E-state index in [2.05, 4.69) is 13.0 Å². The molecule has 2 aliphatic carbocycles. The highest BCUT2D eigenvalue weighted by atomic mass is 32.3. The zero-order valence-electron chi connectivity index (χ0n) is 14.3. The molecule has 0 spiro atoms. The zero-order valence-corrected chi connectivity index (χ0v) is 15.1. The SMILES string of the molecule is CC1CCC([S+](=O)([O-])N2CCC(C#N)=C(O)C3=C2CCCC3)CC1. The average molecular weight is 350 g/mol. The van der Waals surface area contributed by atoms with Gasteiger partial charge in [0.1, 0.15) is 11.0 Å². The van der Waals surface area contributed by atoms with Gasteiger partial charge in [-0.05, 0) is 57.3 Å². The van der Waals surface area contributed by atoms with Gasteiger partial charge in [0.25, 0.3) is 0 Å². The summed E-state index contributed by atoms with van der Waals surface area (Å²) >= 11 is 0. The normalized spacial score (nSPS) is 31.1. The van der Waals surface area contributed by atoms with Crippen molar-refractivity contribution in [3.05, 3.63) is 22.6 Å². The first kappa shape index (κ1) is 17.5. The summed E-state index contributed by atoms with van der Waals surface area (Å²) in [7, 11) is -3.43. The highest BCUT2D eigenvalue weighted by Gasteiger charge is 2.42. The number of hydrogen-bond donors (Lipinski definition) is 1. The first-order valence-electron chi connectivity index (χ1n) is 9.01. The molecule has 0 radical (unpaired) electrons. The number of aliphatic hydroxyl groups is 1. The molecule has 6 heteroatoms. The summed E-state index contributed by atoms with van der Waals surface area (Å²) in [4.78, 5) is 0. The third-order valence-corrected chi connectivity index (χ3v) is 8.03. The van der Waals surface area contributed by atoms with Gasteiger partial charge >= 0.3 is 0 Å². The van der Waals surface area contributed by atoms with Crippen LogP contribution in [0.1, 0.15) is 64.7 Å². The number of sulfonamides is 1. The van der Waals surface area contributed by atoms with Crippen LogP contribution in [-0.2, 0) is 14.6 Å². The van der Waals surface area contributed by atoms with E-state index in [-0.39, 0.29) is 24.0 Å². The molecule has 0 aromatic carbocycles. The minimum atomic E-state index is -3.43. The van der Waals surface area contributed by atoms with E-state index in [1.54, 1.807) is 4.31 Å². The molecular weight excluding hydrogens is 324 g/mol. The summed E-state index contributed by atoms with van der Waals surface area (Å²) in [6, 6.07) is 2.06. The Morgan fingerprint density at radius 3 is 2.54 bits per heavy atom. The summed E-state index contributed by atoms with van der Waals surface area (Å²) in [5.41, 5.74) is 1.74. The lowest BCUT2D eigenvalue weighted by atomic mass is 9.91. The molecule has 1 fully saturated rings. The van der Waals surface area contributed by atoms with Gasteiger partial charge in [-0.15, -0.1) is 0 Å². The minimum Gasteiger partial charge on any atom is -0.593 e. The fourth-order valence-electron chi connectivity index (χ4n) is 4.17. The monoisotopic (exact) mass is 350 g/mol. The summed E-state index contributed by atoms with van der Waals surface area (Å²) in [5.74, 6) is 0.628. The number of nitriles is 1. The third kappa shape index (κ3) is 3.12. The predicted molar refractivity (Wildman–Crippen MR) is 92.3 cm³/mol. The lowest BCUT2D eigenvalue weighted by Gasteiger charge is -2.39. The Balaban J connectivity index is 1.95. The Hall–Kier alpha value is -1.32. The maximum atomic E-state index is 13.3. The van der Waals surface area contributed by atoms with Crippen LogP contribution in [0.5, 0.6) is 0 Å². The van der Waals surface area contributed by atoms with E-state index in [1.165, 1.54) is 0 Å². The molecule has 132 valence electrons. The lowest BCUT2D eigenvalue weighted by Crippen LogP contribution is -2.45. The molecule has 1 N–H and O–H groups in total. The van der Waals surface area contributed by atoms with Crippen molar-refractivity contribution in [1.82, 2.24) is 4.31 Å². The van der Waals surface area contributed by atoms with Crippen LogP contribution in [0.15, 0.2) is 22.6 Å². The van der Waals surface area contributed by atoms with E-state index in [1.807, 2.05) is 0 Å². The van der Waals surface area contributed by atoms with Crippen molar-refractivity contribution in [2.24, 2.45) is 5.92 Å². The van der Waals surface area contributed by atoms with E-state index in [4.69, 9.17) is 0 Å². The van der Waals surface area contributed by atoms with Gasteiger partial charge in [0.05, 0.1) is 23.9 Å². The topological polar surface area (TPSA) is 87.4 Å². The van der Waals surface area contributed by atoms with Gasteiger partial charge in [-0.3, -0.25) is 0 Å². The summed E-state index contributed by atoms with van der Waals surface area (Å²) in [6.45, 7) is 2.46. The smallest absolute Gasteiger partial charge is 0.150 e. The number of rotatable bonds is 2. The van der Waals surface area contributed by atoms with Gasteiger partial charge in [0.2, 0.25) is 0 Å². The second-order valence-corrected chi connectivity index (χ2v) is 9.46. The van der Waals surface area contributed by atoms with Crippen LogP contribution in [0.3, 0.4) is 0 Å². The van der Waals surface area contributed by atoms with E-state index in [9.17, 15) is 19.1 Å². The lowest BCUT2D eigenvalue weighted by molar-refractivity contribution is 0.328. The highest BCUT2D eigenvalue weighted by molar-refractivity contribution is 7.96. The molecule has 0 saturated heterocycles. The van der Waals surface area contributed by atoms with Crippen LogP contribution in [0.2, 0.25) is 0 Å². The molecule has 5 nitrogen and oxygen atoms in total. The van der Waals surface area contributed by atoms with Gasteiger partial charge in [-0.25, -0.2) is 0 Å². The number of aliphatic hydroxyl groups excluding tert-OH is 1. The van der Waals surface area contributed by atoms with Crippen molar-refractivity contribution in [2.45, 2.75) is 70.0 Å². The number of nitrogens with zero attached hydrogens (tertiary/aromatic N) is 2. The fourth-order valence-corrected chi connectivity index (χ4v) is 6.25. The molecule has 1 atom stereocenters. The van der Waals surface area contributed by atoms with Gasteiger partial charge in [0, 0.05) is 12.0 Å². The van der Waals surface area contributed by atoms with Gasteiger partial charge in [-0.2, -0.15) is 9.57 Å². The molecule has 0 bridgehead atoms. The minimum absolute atomic E-state index is 0.0298. The zero-order chi connectivity index (χ0) is 17.3. The Kier molecular flexibility index (Phi) is 5.03. The predicted octanol–water partition coefficient (Wildman–Crippen LogP) is 3.98. The third-order valence-electron chi connectivity index (χ3n) is 5.70. The highest BCUT2D eigenvalue weighted by Crippen LogP contribution is 2.41. The second kappa shape index (κ2) is 6.89. The van der Waals surface area contributed by atoms with E-state index < -0.39 is 10.4 Å². The Bertz CT molecular complexity index is 654. The van der Waals surface area contributed by atoms with E-state index in [0.717, 1.165) is 31.4 Å². The maximum Gasteiger partial charge on any atom is 0.150 e. The second-order valence-electron chi connectivity index (χ2n) is 7.32. The average Bonchev–Trinajstić information content (AvgIpc) is 2.72. The van der Waals surface area contributed by atoms with Crippen LogP contribution in [-0.4, -0.2) is 25.8 Å².